The molecular formula is C14H24N2S. The van der Waals surface area contributed by atoms with Crippen LogP contribution in [0.15, 0.2) is 5.38 Å². The molecular weight excluding hydrogens is 228 g/mol. The summed E-state index contributed by atoms with van der Waals surface area (Å²) in [5.74, 6) is 0.789. The van der Waals surface area contributed by atoms with Crippen LogP contribution in [0.4, 0.5) is 0 Å². The molecule has 0 aromatic carbocycles. The Balaban J connectivity index is 2.06. The zero-order valence-electron chi connectivity index (χ0n) is 11.4. The number of hydrogen-bond donors (Lipinski definition) is 1. The molecule has 17 heavy (non-hydrogen) atoms. The van der Waals surface area contributed by atoms with Gasteiger partial charge in [-0.05, 0) is 38.1 Å². The van der Waals surface area contributed by atoms with Gasteiger partial charge in [0.15, 0.2) is 0 Å². The maximum absolute atomic E-state index is 4.60. The van der Waals surface area contributed by atoms with Crippen molar-refractivity contribution in [2.45, 2.75) is 52.5 Å². The van der Waals surface area contributed by atoms with E-state index in [-0.39, 0.29) is 0 Å². The number of likely N-dealkylation sites (N-methyl/N-ethyl adjacent to an activating group) is 1. The molecule has 2 unspecified atom stereocenters. The fourth-order valence-corrected chi connectivity index (χ4v) is 4.06. The second-order valence-corrected chi connectivity index (χ2v) is 6.91. The molecule has 1 aliphatic carbocycles. The highest BCUT2D eigenvalue weighted by Crippen LogP contribution is 2.44. The molecule has 96 valence electrons. The standard InChI is InChI=1S/C14H24N2S/c1-10-9-17-13(16-10)8-12(15-4)11-6-5-7-14(11,2)3/h9,11-12,15H,5-8H2,1-4H3. The van der Waals surface area contributed by atoms with Gasteiger partial charge in [0.05, 0.1) is 5.01 Å². The predicted molar refractivity (Wildman–Crippen MR) is 74.5 cm³/mol. The maximum Gasteiger partial charge on any atom is 0.0943 e. The van der Waals surface area contributed by atoms with Crippen LogP contribution in [0.25, 0.3) is 0 Å². The second kappa shape index (κ2) is 5.07. The first-order valence-electron chi connectivity index (χ1n) is 6.61. The lowest BCUT2D eigenvalue weighted by Gasteiger charge is -2.33. The van der Waals surface area contributed by atoms with Gasteiger partial charge in [0.25, 0.3) is 0 Å². The molecule has 0 radical (unpaired) electrons. The lowest BCUT2D eigenvalue weighted by molar-refractivity contribution is 0.201. The lowest BCUT2D eigenvalue weighted by atomic mass is 9.76. The zero-order chi connectivity index (χ0) is 12.5. The number of nitrogens with one attached hydrogen (secondary N) is 1. The number of hydrogen-bond acceptors (Lipinski definition) is 3. The van der Waals surface area contributed by atoms with E-state index in [1.807, 2.05) is 0 Å². The van der Waals surface area contributed by atoms with Gasteiger partial charge in [0.1, 0.15) is 0 Å². The molecule has 1 aliphatic rings. The summed E-state index contributed by atoms with van der Waals surface area (Å²) in [6.07, 6.45) is 5.20. The van der Waals surface area contributed by atoms with Gasteiger partial charge in [-0.25, -0.2) is 4.98 Å². The Labute approximate surface area is 109 Å². The number of aryl methyl sites for hydroxylation is 1. The molecule has 0 aliphatic heterocycles. The van der Waals surface area contributed by atoms with E-state index in [1.165, 1.54) is 24.3 Å². The quantitative estimate of drug-likeness (QED) is 0.888. The number of thiazole rings is 1. The van der Waals surface area contributed by atoms with E-state index >= 15 is 0 Å². The summed E-state index contributed by atoms with van der Waals surface area (Å²) in [5, 5.41) is 6.96. The van der Waals surface area contributed by atoms with Crippen LogP contribution in [0.2, 0.25) is 0 Å². The first kappa shape index (κ1) is 13.0. The Kier molecular flexibility index (Phi) is 3.88. The minimum atomic E-state index is 0.486. The predicted octanol–water partition coefficient (Wildman–Crippen LogP) is 3.41. The summed E-state index contributed by atoms with van der Waals surface area (Å²) in [6, 6.07) is 0.582. The van der Waals surface area contributed by atoms with Crippen LogP contribution < -0.4 is 5.32 Å². The molecule has 0 bridgehead atoms. The third-order valence-corrected chi connectivity index (χ3v) is 5.25. The van der Waals surface area contributed by atoms with Crippen LogP contribution >= 0.6 is 11.3 Å². The minimum absolute atomic E-state index is 0.486. The molecule has 1 aromatic rings. The van der Waals surface area contributed by atoms with Crippen molar-refractivity contribution in [3.05, 3.63) is 16.1 Å². The van der Waals surface area contributed by atoms with E-state index in [0.29, 0.717) is 11.5 Å². The number of rotatable bonds is 4. The third-order valence-electron chi connectivity index (χ3n) is 4.26. The molecule has 1 fully saturated rings. The van der Waals surface area contributed by atoms with Crippen LogP contribution in [-0.2, 0) is 6.42 Å². The monoisotopic (exact) mass is 252 g/mol. The van der Waals surface area contributed by atoms with Gasteiger partial charge >= 0.3 is 0 Å². The summed E-state index contributed by atoms with van der Waals surface area (Å²) in [5.41, 5.74) is 1.64. The van der Waals surface area contributed by atoms with E-state index in [9.17, 15) is 0 Å². The number of aromatic nitrogens is 1. The minimum Gasteiger partial charge on any atom is -0.316 e. The summed E-state index contributed by atoms with van der Waals surface area (Å²) in [7, 11) is 2.10. The Bertz CT molecular complexity index is 370. The SMILES string of the molecule is CNC(Cc1nc(C)cs1)C1CCCC1(C)C. The smallest absolute Gasteiger partial charge is 0.0943 e. The topological polar surface area (TPSA) is 24.9 Å². The van der Waals surface area contributed by atoms with Crippen molar-refractivity contribution in [2.75, 3.05) is 7.05 Å². The van der Waals surface area contributed by atoms with E-state index in [2.05, 4.69) is 43.5 Å². The maximum atomic E-state index is 4.60. The van der Waals surface area contributed by atoms with Crippen molar-refractivity contribution in [3.63, 3.8) is 0 Å². The molecule has 1 heterocycles. The van der Waals surface area contributed by atoms with Gasteiger partial charge in [-0.15, -0.1) is 11.3 Å². The Hall–Kier alpha value is -0.410. The Morgan fingerprint density at radius 2 is 2.35 bits per heavy atom. The molecule has 1 N–H and O–H groups in total. The molecule has 1 saturated carbocycles. The zero-order valence-corrected chi connectivity index (χ0v) is 12.2. The van der Waals surface area contributed by atoms with Crippen molar-refractivity contribution in [3.8, 4) is 0 Å². The van der Waals surface area contributed by atoms with E-state index in [4.69, 9.17) is 0 Å². The Morgan fingerprint density at radius 3 is 2.82 bits per heavy atom. The second-order valence-electron chi connectivity index (χ2n) is 5.97. The van der Waals surface area contributed by atoms with Gasteiger partial charge < -0.3 is 5.32 Å². The van der Waals surface area contributed by atoms with Crippen molar-refractivity contribution >= 4 is 11.3 Å². The molecule has 3 heteroatoms. The highest BCUT2D eigenvalue weighted by molar-refractivity contribution is 7.09. The molecule has 0 amide bonds. The van der Waals surface area contributed by atoms with E-state index < -0.39 is 0 Å². The average molecular weight is 252 g/mol. The van der Waals surface area contributed by atoms with Gasteiger partial charge in [-0.2, -0.15) is 0 Å². The summed E-state index contributed by atoms with van der Waals surface area (Å²) in [4.78, 5) is 4.60. The van der Waals surface area contributed by atoms with E-state index in [1.54, 1.807) is 11.3 Å². The molecule has 0 spiro atoms. The van der Waals surface area contributed by atoms with Crippen LogP contribution in [0.3, 0.4) is 0 Å². The van der Waals surface area contributed by atoms with Crippen molar-refractivity contribution in [2.24, 2.45) is 11.3 Å². The first-order valence-corrected chi connectivity index (χ1v) is 7.49. The normalized spacial score (nSPS) is 25.1. The highest BCUT2D eigenvalue weighted by atomic mass is 32.1. The fourth-order valence-electron chi connectivity index (χ4n) is 3.23. The fraction of sp³-hybridized carbons (Fsp3) is 0.786. The summed E-state index contributed by atoms with van der Waals surface area (Å²) in [6.45, 7) is 6.91. The third kappa shape index (κ3) is 2.89. The van der Waals surface area contributed by atoms with Crippen molar-refractivity contribution in [1.82, 2.24) is 10.3 Å². The van der Waals surface area contributed by atoms with E-state index in [0.717, 1.165) is 18.0 Å². The molecule has 1 aromatic heterocycles. The lowest BCUT2D eigenvalue weighted by Crippen LogP contribution is -2.40. The van der Waals surface area contributed by atoms with Gasteiger partial charge in [0, 0.05) is 23.5 Å². The molecule has 2 atom stereocenters. The average Bonchev–Trinajstić information content (AvgIpc) is 2.81. The summed E-state index contributed by atoms with van der Waals surface area (Å²) >= 11 is 1.80. The van der Waals surface area contributed by atoms with Crippen LogP contribution in [-0.4, -0.2) is 18.1 Å². The van der Waals surface area contributed by atoms with Gasteiger partial charge in [-0.1, -0.05) is 20.3 Å². The van der Waals surface area contributed by atoms with Crippen molar-refractivity contribution < 1.29 is 0 Å². The molecule has 2 nitrogen and oxygen atoms in total. The highest BCUT2D eigenvalue weighted by Gasteiger charge is 2.39. The first-order chi connectivity index (χ1) is 8.03. The van der Waals surface area contributed by atoms with Crippen LogP contribution in [0.1, 0.15) is 43.8 Å². The largest absolute Gasteiger partial charge is 0.316 e. The van der Waals surface area contributed by atoms with Crippen molar-refractivity contribution in [1.29, 1.82) is 0 Å². The molecule has 2 rings (SSSR count). The van der Waals surface area contributed by atoms with Gasteiger partial charge in [-0.3, -0.25) is 0 Å². The molecule has 0 saturated heterocycles. The number of nitrogens with zero attached hydrogens (tertiary/aromatic N) is 1. The van der Waals surface area contributed by atoms with Crippen LogP contribution in [0.5, 0.6) is 0 Å². The Morgan fingerprint density at radius 1 is 1.59 bits per heavy atom. The summed E-state index contributed by atoms with van der Waals surface area (Å²) < 4.78 is 0. The van der Waals surface area contributed by atoms with Gasteiger partial charge in [0.2, 0.25) is 0 Å². The van der Waals surface area contributed by atoms with Crippen LogP contribution in [0, 0.1) is 18.3 Å².